The molecule has 2 fully saturated rings. The van der Waals surface area contributed by atoms with Crippen LogP contribution >= 0.6 is 0 Å². The molecule has 2 rings (SSSR count). The first kappa shape index (κ1) is 15.8. The molecule has 0 aromatic rings. The van der Waals surface area contributed by atoms with Gasteiger partial charge in [0.05, 0.1) is 18.1 Å². The number of rotatable bonds is 4. The smallest absolute Gasteiger partial charge is 0.317 e. The Morgan fingerprint density at radius 1 is 1.15 bits per heavy atom. The van der Waals surface area contributed by atoms with Crippen molar-refractivity contribution in [2.24, 2.45) is 11.8 Å². The number of carboxylic acid groups (broad SMARTS) is 1. The molecular formula is C14H25NO4S. The standard InChI is InChI=1S/C14H25NO4S/c1-10-3-4-12(7-11(10)2)15(8-14(16)17)13-5-6-20(18,19)9-13/h10-13H,3-9H2,1-2H3,(H,16,17). The van der Waals surface area contributed by atoms with E-state index >= 15 is 0 Å². The maximum atomic E-state index is 11.7. The van der Waals surface area contributed by atoms with Gasteiger partial charge in [0, 0.05) is 12.1 Å². The summed E-state index contributed by atoms with van der Waals surface area (Å²) in [6, 6.07) is 0.109. The highest BCUT2D eigenvalue weighted by atomic mass is 32.2. The summed E-state index contributed by atoms with van der Waals surface area (Å²) in [6.45, 7) is 4.41. The normalized spacial score (nSPS) is 37.1. The van der Waals surface area contributed by atoms with E-state index in [-0.39, 0.29) is 30.1 Å². The van der Waals surface area contributed by atoms with Gasteiger partial charge in [0.2, 0.25) is 0 Å². The van der Waals surface area contributed by atoms with Crippen molar-refractivity contribution >= 4 is 15.8 Å². The molecule has 116 valence electrons. The Balaban J connectivity index is 2.10. The van der Waals surface area contributed by atoms with Crippen LogP contribution in [-0.2, 0) is 14.6 Å². The molecule has 0 amide bonds. The van der Waals surface area contributed by atoms with Crippen LogP contribution in [0.2, 0.25) is 0 Å². The fourth-order valence-electron chi connectivity index (χ4n) is 3.57. The average Bonchev–Trinajstić information content (AvgIpc) is 2.70. The maximum Gasteiger partial charge on any atom is 0.317 e. The number of aliphatic carboxylic acids is 1. The third-order valence-electron chi connectivity index (χ3n) is 5.03. The summed E-state index contributed by atoms with van der Waals surface area (Å²) in [6.07, 6.45) is 3.64. The van der Waals surface area contributed by atoms with Crippen molar-refractivity contribution in [1.29, 1.82) is 0 Å². The SMILES string of the molecule is CC1CCC(N(CC(=O)O)C2CCS(=O)(=O)C2)CC1C. The summed E-state index contributed by atoms with van der Waals surface area (Å²) in [7, 11) is -2.97. The summed E-state index contributed by atoms with van der Waals surface area (Å²) in [5.74, 6) is 0.710. The lowest BCUT2D eigenvalue weighted by Gasteiger charge is -2.41. The Morgan fingerprint density at radius 3 is 2.35 bits per heavy atom. The highest BCUT2D eigenvalue weighted by Gasteiger charge is 2.38. The maximum absolute atomic E-state index is 11.7. The molecule has 0 bridgehead atoms. The molecule has 4 unspecified atom stereocenters. The second kappa shape index (κ2) is 6.02. The Labute approximate surface area is 121 Å². The minimum Gasteiger partial charge on any atom is -0.480 e. The van der Waals surface area contributed by atoms with E-state index < -0.39 is 15.8 Å². The van der Waals surface area contributed by atoms with Crippen LogP contribution in [0.3, 0.4) is 0 Å². The molecule has 6 heteroatoms. The van der Waals surface area contributed by atoms with Crippen LogP contribution in [0.5, 0.6) is 0 Å². The molecule has 1 saturated carbocycles. The van der Waals surface area contributed by atoms with Crippen molar-refractivity contribution in [2.45, 2.75) is 51.6 Å². The van der Waals surface area contributed by atoms with Crippen LogP contribution < -0.4 is 0 Å². The van der Waals surface area contributed by atoms with Crippen LogP contribution in [-0.4, -0.2) is 54.5 Å². The lowest BCUT2D eigenvalue weighted by molar-refractivity contribution is -0.140. The van der Waals surface area contributed by atoms with Gasteiger partial charge in [0.25, 0.3) is 0 Å². The Kier molecular flexibility index (Phi) is 4.74. The van der Waals surface area contributed by atoms with Gasteiger partial charge in [0.15, 0.2) is 9.84 Å². The molecule has 20 heavy (non-hydrogen) atoms. The first-order valence-electron chi connectivity index (χ1n) is 7.46. The van der Waals surface area contributed by atoms with Crippen molar-refractivity contribution in [3.8, 4) is 0 Å². The van der Waals surface area contributed by atoms with Crippen LogP contribution in [0.1, 0.15) is 39.5 Å². The second-order valence-corrected chi connectivity index (χ2v) is 8.77. The average molecular weight is 303 g/mol. The van der Waals surface area contributed by atoms with Crippen LogP contribution in [0.25, 0.3) is 0 Å². The predicted octanol–water partition coefficient (Wildman–Crippen LogP) is 1.38. The van der Waals surface area contributed by atoms with Crippen molar-refractivity contribution in [3.63, 3.8) is 0 Å². The van der Waals surface area contributed by atoms with E-state index in [9.17, 15) is 13.2 Å². The molecule has 1 saturated heterocycles. The Morgan fingerprint density at radius 2 is 1.85 bits per heavy atom. The van der Waals surface area contributed by atoms with Gasteiger partial charge in [-0.2, -0.15) is 0 Å². The van der Waals surface area contributed by atoms with Crippen molar-refractivity contribution in [3.05, 3.63) is 0 Å². The lowest BCUT2D eigenvalue weighted by atomic mass is 9.78. The van der Waals surface area contributed by atoms with E-state index in [0.29, 0.717) is 18.3 Å². The van der Waals surface area contributed by atoms with E-state index in [1.807, 2.05) is 4.90 Å². The van der Waals surface area contributed by atoms with Gasteiger partial charge in [-0.3, -0.25) is 9.69 Å². The first-order valence-corrected chi connectivity index (χ1v) is 9.28. The summed E-state index contributed by atoms with van der Waals surface area (Å²) in [4.78, 5) is 13.1. The highest BCUT2D eigenvalue weighted by molar-refractivity contribution is 7.91. The summed E-state index contributed by atoms with van der Waals surface area (Å²) < 4.78 is 23.3. The van der Waals surface area contributed by atoms with Crippen LogP contribution in [0.15, 0.2) is 0 Å². The van der Waals surface area contributed by atoms with Crippen molar-refractivity contribution in [1.82, 2.24) is 4.90 Å². The molecule has 1 aliphatic carbocycles. The van der Waals surface area contributed by atoms with E-state index in [1.54, 1.807) is 0 Å². The van der Waals surface area contributed by atoms with Gasteiger partial charge in [0.1, 0.15) is 0 Å². The van der Waals surface area contributed by atoms with Crippen molar-refractivity contribution in [2.75, 3.05) is 18.1 Å². The Hall–Kier alpha value is -0.620. The molecule has 5 nitrogen and oxygen atoms in total. The highest BCUT2D eigenvalue weighted by Crippen LogP contribution is 2.34. The topological polar surface area (TPSA) is 74.7 Å². The molecule has 0 aromatic carbocycles. The molecule has 0 radical (unpaired) electrons. The zero-order valence-electron chi connectivity index (χ0n) is 12.3. The quantitative estimate of drug-likeness (QED) is 0.849. The van der Waals surface area contributed by atoms with E-state index in [2.05, 4.69) is 13.8 Å². The van der Waals surface area contributed by atoms with Gasteiger partial charge in [-0.1, -0.05) is 13.8 Å². The van der Waals surface area contributed by atoms with Crippen LogP contribution in [0, 0.1) is 11.8 Å². The van der Waals surface area contributed by atoms with Gasteiger partial charge in [-0.25, -0.2) is 8.42 Å². The second-order valence-electron chi connectivity index (χ2n) is 6.54. The van der Waals surface area contributed by atoms with Gasteiger partial charge in [-0.15, -0.1) is 0 Å². The first-order chi connectivity index (χ1) is 9.28. The molecule has 4 atom stereocenters. The molecule has 1 heterocycles. The molecule has 0 spiro atoms. The number of hydrogen-bond donors (Lipinski definition) is 1. The largest absolute Gasteiger partial charge is 0.480 e. The minimum absolute atomic E-state index is 0.0358. The summed E-state index contributed by atoms with van der Waals surface area (Å²) in [5, 5.41) is 9.13. The van der Waals surface area contributed by atoms with Crippen LogP contribution in [0.4, 0.5) is 0 Å². The number of nitrogens with zero attached hydrogens (tertiary/aromatic N) is 1. The molecule has 1 N–H and O–H groups in total. The molecule has 1 aliphatic heterocycles. The minimum atomic E-state index is -2.97. The van der Waals surface area contributed by atoms with Crippen molar-refractivity contribution < 1.29 is 18.3 Å². The lowest BCUT2D eigenvalue weighted by Crippen LogP contribution is -2.49. The van der Waals surface area contributed by atoms with E-state index in [0.717, 1.165) is 19.3 Å². The Bertz CT molecular complexity index is 462. The zero-order chi connectivity index (χ0) is 14.9. The molecule has 0 aromatic heterocycles. The summed E-state index contributed by atoms with van der Waals surface area (Å²) in [5.41, 5.74) is 0. The van der Waals surface area contributed by atoms with Gasteiger partial charge >= 0.3 is 5.97 Å². The van der Waals surface area contributed by atoms with Gasteiger partial charge in [-0.05, 0) is 37.5 Å². The number of sulfone groups is 1. The third-order valence-corrected chi connectivity index (χ3v) is 6.79. The number of carbonyl (C=O) groups is 1. The number of hydrogen-bond acceptors (Lipinski definition) is 4. The van der Waals surface area contributed by atoms with E-state index in [4.69, 9.17) is 5.11 Å². The fourth-order valence-corrected chi connectivity index (χ4v) is 5.31. The number of carboxylic acids is 1. The monoisotopic (exact) mass is 303 g/mol. The summed E-state index contributed by atoms with van der Waals surface area (Å²) >= 11 is 0. The predicted molar refractivity (Wildman–Crippen MR) is 77.4 cm³/mol. The van der Waals surface area contributed by atoms with Gasteiger partial charge < -0.3 is 5.11 Å². The third kappa shape index (κ3) is 3.73. The molecular weight excluding hydrogens is 278 g/mol. The zero-order valence-corrected chi connectivity index (χ0v) is 13.1. The fraction of sp³-hybridized carbons (Fsp3) is 0.929. The van der Waals surface area contributed by atoms with E-state index in [1.165, 1.54) is 0 Å². The molecule has 2 aliphatic rings.